The minimum absolute atomic E-state index is 0.469. The first kappa shape index (κ1) is 11.9. The van der Waals surface area contributed by atoms with E-state index in [1.165, 1.54) is 25.8 Å². The molecular formula is C12H18BrN3. The summed E-state index contributed by atoms with van der Waals surface area (Å²) in [5, 5.41) is 7.01. The number of hydrogen-bond acceptors (Lipinski definition) is 3. The molecule has 1 aliphatic rings. The van der Waals surface area contributed by atoms with Crippen LogP contribution in [0.1, 0.15) is 26.2 Å². The van der Waals surface area contributed by atoms with Gasteiger partial charge in [0.05, 0.1) is 5.69 Å². The van der Waals surface area contributed by atoms with Crippen LogP contribution in [0.3, 0.4) is 0 Å². The average molecular weight is 284 g/mol. The smallest absolute Gasteiger partial charge is 0.129 e. The van der Waals surface area contributed by atoms with Crippen LogP contribution in [0.5, 0.6) is 0 Å². The summed E-state index contributed by atoms with van der Waals surface area (Å²) in [5.41, 5.74) is 1.08. The van der Waals surface area contributed by atoms with Crippen molar-refractivity contribution >= 4 is 21.6 Å². The van der Waals surface area contributed by atoms with E-state index in [-0.39, 0.29) is 0 Å². The molecule has 0 aromatic carbocycles. The van der Waals surface area contributed by atoms with Gasteiger partial charge in [0.2, 0.25) is 0 Å². The van der Waals surface area contributed by atoms with Crippen LogP contribution in [0.15, 0.2) is 22.9 Å². The zero-order chi connectivity index (χ0) is 11.4. The van der Waals surface area contributed by atoms with Crippen molar-refractivity contribution in [3.8, 4) is 0 Å². The molecule has 0 saturated carbocycles. The maximum atomic E-state index is 4.20. The molecule has 0 bridgehead atoms. The number of pyridine rings is 1. The number of nitrogens with one attached hydrogen (secondary N) is 2. The van der Waals surface area contributed by atoms with Crippen LogP contribution < -0.4 is 10.6 Å². The minimum Gasteiger partial charge on any atom is -0.380 e. The van der Waals surface area contributed by atoms with Gasteiger partial charge in [-0.1, -0.05) is 0 Å². The molecule has 16 heavy (non-hydrogen) atoms. The molecular weight excluding hydrogens is 266 g/mol. The van der Waals surface area contributed by atoms with Crippen molar-refractivity contribution in [3.63, 3.8) is 0 Å². The Labute approximate surface area is 105 Å². The van der Waals surface area contributed by atoms with Crippen molar-refractivity contribution in [2.24, 2.45) is 0 Å². The molecule has 1 aromatic rings. The average Bonchev–Trinajstić information content (AvgIpc) is 2.74. The van der Waals surface area contributed by atoms with E-state index in [0.29, 0.717) is 12.1 Å². The van der Waals surface area contributed by atoms with Gasteiger partial charge in [-0.05, 0) is 60.8 Å². The first-order valence-corrected chi connectivity index (χ1v) is 6.65. The Morgan fingerprint density at radius 3 is 3.25 bits per heavy atom. The SMILES string of the molecule is CC(CC1CCCN1)Nc1cccnc1Br. The van der Waals surface area contributed by atoms with Crippen LogP contribution in [0.4, 0.5) is 5.69 Å². The Balaban J connectivity index is 1.86. The highest BCUT2D eigenvalue weighted by atomic mass is 79.9. The fourth-order valence-corrected chi connectivity index (χ4v) is 2.57. The van der Waals surface area contributed by atoms with Crippen LogP contribution in [0.2, 0.25) is 0 Å². The molecule has 1 aromatic heterocycles. The summed E-state index contributed by atoms with van der Waals surface area (Å²) in [6, 6.07) is 5.15. The molecule has 3 nitrogen and oxygen atoms in total. The number of halogens is 1. The molecule has 0 aliphatic carbocycles. The highest BCUT2D eigenvalue weighted by Crippen LogP contribution is 2.21. The van der Waals surface area contributed by atoms with E-state index in [2.05, 4.69) is 44.5 Å². The van der Waals surface area contributed by atoms with E-state index >= 15 is 0 Å². The zero-order valence-electron chi connectivity index (χ0n) is 9.54. The predicted molar refractivity (Wildman–Crippen MR) is 70.7 cm³/mol. The number of aromatic nitrogens is 1. The zero-order valence-corrected chi connectivity index (χ0v) is 11.1. The molecule has 2 atom stereocenters. The fourth-order valence-electron chi connectivity index (χ4n) is 2.20. The quantitative estimate of drug-likeness (QED) is 0.835. The first-order chi connectivity index (χ1) is 7.75. The molecule has 1 aliphatic heterocycles. The standard InChI is InChI=1S/C12H18BrN3/c1-9(8-10-4-2-6-14-10)16-11-5-3-7-15-12(11)13/h3,5,7,9-10,14,16H,2,4,6,8H2,1H3. The van der Waals surface area contributed by atoms with E-state index in [1.54, 1.807) is 6.20 Å². The van der Waals surface area contributed by atoms with Crippen LogP contribution >= 0.6 is 15.9 Å². The molecule has 2 heterocycles. The van der Waals surface area contributed by atoms with Gasteiger partial charge in [0, 0.05) is 18.3 Å². The summed E-state index contributed by atoms with van der Waals surface area (Å²) in [6.07, 6.45) is 5.58. The molecule has 0 amide bonds. The highest BCUT2D eigenvalue weighted by Gasteiger charge is 2.17. The highest BCUT2D eigenvalue weighted by molar-refractivity contribution is 9.10. The lowest BCUT2D eigenvalue weighted by molar-refractivity contribution is 0.523. The maximum Gasteiger partial charge on any atom is 0.129 e. The van der Waals surface area contributed by atoms with Crippen molar-refractivity contribution < 1.29 is 0 Å². The minimum atomic E-state index is 0.469. The van der Waals surface area contributed by atoms with Crippen molar-refractivity contribution in [2.45, 2.75) is 38.3 Å². The number of hydrogen-bond donors (Lipinski definition) is 2. The largest absolute Gasteiger partial charge is 0.380 e. The molecule has 88 valence electrons. The third kappa shape index (κ3) is 3.19. The molecule has 0 spiro atoms. The molecule has 0 radical (unpaired) electrons. The van der Waals surface area contributed by atoms with Crippen molar-refractivity contribution in [2.75, 3.05) is 11.9 Å². The molecule has 2 N–H and O–H groups in total. The van der Waals surface area contributed by atoms with Gasteiger partial charge >= 0.3 is 0 Å². The Kier molecular flexibility index (Phi) is 4.18. The summed E-state index contributed by atoms with van der Waals surface area (Å²) in [5.74, 6) is 0. The summed E-state index contributed by atoms with van der Waals surface area (Å²) >= 11 is 3.45. The van der Waals surface area contributed by atoms with Crippen LogP contribution in [-0.4, -0.2) is 23.6 Å². The fraction of sp³-hybridized carbons (Fsp3) is 0.583. The Hall–Kier alpha value is -0.610. The second-order valence-corrected chi connectivity index (χ2v) is 5.17. The topological polar surface area (TPSA) is 37.0 Å². The monoisotopic (exact) mass is 283 g/mol. The first-order valence-electron chi connectivity index (χ1n) is 5.86. The van der Waals surface area contributed by atoms with E-state index in [4.69, 9.17) is 0 Å². The second-order valence-electron chi connectivity index (χ2n) is 4.42. The van der Waals surface area contributed by atoms with Crippen LogP contribution in [0, 0.1) is 0 Å². The third-order valence-corrected chi connectivity index (χ3v) is 3.59. The van der Waals surface area contributed by atoms with Gasteiger partial charge in [-0.3, -0.25) is 0 Å². The number of anilines is 1. The van der Waals surface area contributed by atoms with Gasteiger partial charge in [-0.15, -0.1) is 0 Å². The molecule has 2 rings (SSSR count). The summed E-state index contributed by atoms with van der Waals surface area (Å²) in [7, 11) is 0. The lowest BCUT2D eigenvalue weighted by atomic mass is 10.1. The van der Waals surface area contributed by atoms with Gasteiger partial charge in [-0.2, -0.15) is 0 Å². The van der Waals surface area contributed by atoms with Crippen molar-refractivity contribution in [1.29, 1.82) is 0 Å². The summed E-state index contributed by atoms with van der Waals surface area (Å²) in [4.78, 5) is 4.20. The van der Waals surface area contributed by atoms with Gasteiger partial charge in [0.1, 0.15) is 4.60 Å². The number of nitrogens with zero attached hydrogens (tertiary/aromatic N) is 1. The molecule has 2 unspecified atom stereocenters. The lowest BCUT2D eigenvalue weighted by Crippen LogP contribution is -2.29. The van der Waals surface area contributed by atoms with E-state index in [0.717, 1.165) is 10.3 Å². The number of rotatable bonds is 4. The lowest BCUT2D eigenvalue weighted by Gasteiger charge is -2.19. The van der Waals surface area contributed by atoms with Gasteiger partial charge in [0.25, 0.3) is 0 Å². The normalized spacial score (nSPS) is 22.0. The molecule has 4 heteroatoms. The van der Waals surface area contributed by atoms with E-state index < -0.39 is 0 Å². The van der Waals surface area contributed by atoms with Gasteiger partial charge in [0.15, 0.2) is 0 Å². The predicted octanol–water partition coefficient (Wildman–Crippen LogP) is 2.79. The maximum absolute atomic E-state index is 4.20. The van der Waals surface area contributed by atoms with E-state index in [9.17, 15) is 0 Å². The molecule has 1 saturated heterocycles. The Morgan fingerprint density at radius 1 is 1.69 bits per heavy atom. The summed E-state index contributed by atoms with van der Waals surface area (Å²) in [6.45, 7) is 3.40. The third-order valence-electron chi connectivity index (χ3n) is 2.96. The Morgan fingerprint density at radius 2 is 2.56 bits per heavy atom. The second kappa shape index (κ2) is 5.64. The Bertz CT molecular complexity index is 337. The van der Waals surface area contributed by atoms with Crippen LogP contribution in [0.25, 0.3) is 0 Å². The van der Waals surface area contributed by atoms with Gasteiger partial charge in [-0.25, -0.2) is 4.98 Å². The summed E-state index contributed by atoms with van der Waals surface area (Å²) < 4.78 is 0.890. The van der Waals surface area contributed by atoms with Gasteiger partial charge < -0.3 is 10.6 Å². The van der Waals surface area contributed by atoms with E-state index in [1.807, 2.05) is 6.07 Å². The van der Waals surface area contributed by atoms with Crippen molar-refractivity contribution in [1.82, 2.24) is 10.3 Å². The molecule has 1 fully saturated rings. The van der Waals surface area contributed by atoms with Crippen molar-refractivity contribution in [3.05, 3.63) is 22.9 Å². The van der Waals surface area contributed by atoms with Crippen LogP contribution in [-0.2, 0) is 0 Å².